The van der Waals surface area contributed by atoms with Gasteiger partial charge in [0.2, 0.25) is 0 Å². The first-order chi connectivity index (χ1) is 4.33. The first kappa shape index (κ1) is 9.16. The molecular weight excluding hydrogens is 134 g/mol. The predicted molar refractivity (Wildman–Crippen MR) is 37.6 cm³/mol. The third-order valence-electron chi connectivity index (χ3n) is 0.742. The van der Waals surface area contributed by atoms with E-state index in [1.807, 2.05) is 20.8 Å². The Hall–Kier alpha value is -0.840. The highest BCUT2D eigenvalue weighted by Gasteiger charge is 2.16. The van der Waals surface area contributed by atoms with Crippen LogP contribution in [0.4, 0.5) is 0 Å². The minimum atomic E-state index is -0.509. The van der Waals surface area contributed by atoms with Crippen LogP contribution < -0.4 is 5.43 Å². The Morgan fingerprint density at radius 3 is 2.00 bits per heavy atom. The summed E-state index contributed by atoms with van der Waals surface area (Å²) in [6.07, 6.45) is 0. The number of hydrazine groups is 2. The van der Waals surface area contributed by atoms with E-state index in [-0.39, 0.29) is 5.54 Å². The second-order valence-electron chi connectivity index (χ2n) is 3.12. The average Bonchev–Trinajstić information content (AvgIpc) is 1.60. The van der Waals surface area contributed by atoms with Crippen molar-refractivity contribution in [3.63, 3.8) is 0 Å². The van der Waals surface area contributed by atoms with Crippen LogP contribution in [0.1, 0.15) is 20.8 Å². The van der Waals surface area contributed by atoms with Crippen molar-refractivity contribution >= 4 is 0 Å². The molecule has 0 rings (SSSR count). The first-order valence-electron chi connectivity index (χ1n) is 2.99. The van der Waals surface area contributed by atoms with Crippen molar-refractivity contribution in [1.29, 1.82) is 0 Å². The summed E-state index contributed by atoms with van der Waals surface area (Å²) in [5.41, 5.74) is 2.39. The molecule has 0 saturated carbocycles. The van der Waals surface area contributed by atoms with Crippen LogP contribution in [0.2, 0.25) is 0 Å². The Kier molecular flexibility index (Phi) is 2.59. The van der Waals surface area contributed by atoms with Gasteiger partial charge in [0, 0.05) is 5.54 Å². The summed E-state index contributed by atoms with van der Waals surface area (Å²) in [4.78, 5) is 10.0. The van der Waals surface area contributed by atoms with E-state index in [1.165, 1.54) is 7.05 Å². The summed E-state index contributed by atoms with van der Waals surface area (Å²) in [6, 6.07) is 0. The summed E-state index contributed by atoms with van der Waals surface area (Å²) in [6.45, 7) is 5.56. The molecule has 0 radical (unpaired) electrons. The van der Waals surface area contributed by atoms with Crippen LogP contribution >= 0.6 is 0 Å². The quantitative estimate of drug-likeness (QED) is 0.454. The van der Waals surface area contributed by atoms with E-state index in [9.17, 15) is 10.1 Å². The molecule has 0 saturated heterocycles. The minimum absolute atomic E-state index is 0.262. The third-order valence-corrected chi connectivity index (χ3v) is 0.742. The molecule has 0 atom stereocenters. The second-order valence-corrected chi connectivity index (χ2v) is 3.12. The normalized spacial score (nSPS) is 11.2. The van der Waals surface area contributed by atoms with Crippen molar-refractivity contribution in [2.45, 2.75) is 26.3 Å². The monoisotopic (exact) mass is 147 g/mol. The van der Waals surface area contributed by atoms with Crippen LogP contribution in [-0.2, 0) is 0 Å². The summed E-state index contributed by atoms with van der Waals surface area (Å²) in [5.74, 6) is 0. The zero-order valence-corrected chi connectivity index (χ0v) is 6.71. The van der Waals surface area contributed by atoms with E-state index in [0.717, 1.165) is 5.12 Å². The number of rotatable bonds is 2. The fourth-order valence-corrected chi connectivity index (χ4v) is 0.526. The van der Waals surface area contributed by atoms with Gasteiger partial charge in [-0.1, -0.05) is 5.12 Å². The van der Waals surface area contributed by atoms with Crippen LogP contribution in [0, 0.1) is 10.1 Å². The summed E-state index contributed by atoms with van der Waals surface area (Å²) >= 11 is 0. The van der Waals surface area contributed by atoms with Gasteiger partial charge in [-0.2, -0.15) is 5.43 Å². The van der Waals surface area contributed by atoms with E-state index in [1.54, 1.807) is 0 Å². The molecule has 1 N–H and O–H groups in total. The standard InChI is InChI=1S/C5H13N3O2/c1-5(2,3)6-7(4)8(9)10/h6H,1-4H3. The fourth-order valence-electron chi connectivity index (χ4n) is 0.526. The molecule has 0 bridgehead atoms. The molecule has 0 aliphatic heterocycles. The summed E-state index contributed by atoms with van der Waals surface area (Å²) in [7, 11) is 1.37. The topological polar surface area (TPSA) is 58.4 Å². The van der Waals surface area contributed by atoms with E-state index >= 15 is 0 Å². The van der Waals surface area contributed by atoms with E-state index < -0.39 is 5.03 Å². The fraction of sp³-hybridized carbons (Fsp3) is 1.00. The van der Waals surface area contributed by atoms with E-state index in [4.69, 9.17) is 0 Å². The Morgan fingerprint density at radius 2 is 1.90 bits per heavy atom. The molecule has 0 aromatic rings. The summed E-state index contributed by atoms with van der Waals surface area (Å²) in [5, 5.41) is 10.4. The molecule has 0 aliphatic rings. The van der Waals surface area contributed by atoms with Crippen molar-refractivity contribution in [3.8, 4) is 0 Å². The maximum absolute atomic E-state index is 10.0. The molecule has 10 heavy (non-hydrogen) atoms. The number of hydrogen-bond acceptors (Lipinski definition) is 3. The van der Waals surface area contributed by atoms with Crippen molar-refractivity contribution in [1.82, 2.24) is 10.5 Å². The maximum Gasteiger partial charge on any atom is 0.176 e. The third kappa shape index (κ3) is 4.08. The Bertz CT molecular complexity index is 129. The molecule has 5 heteroatoms. The van der Waals surface area contributed by atoms with E-state index in [2.05, 4.69) is 5.43 Å². The predicted octanol–water partition coefficient (Wildman–Crippen LogP) is 0.413. The van der Waals surface area contributed by atoms with Crippen molar-refractivity contribution in [3.05, 3.63) is 10.1 Å². The lowest BCUT2D eigenvalue weighted by Crippen LogP contribution is -2.49. The van der Waals surface area contributed by atoms with Crippen molar-refractivity contribution in [2.24, 2.45) is 0 Å². The van der Waals surface area contributed by atoms with Crippen LogP contribution in [0.15, 0.2) is 0 Å². The Labute approximate surface area is 60.1 Å². The largest absolute Gasteiger partial charge is 0.234 e. The van der Waals surface area contributed by atoms with Gasteiger partial charge in [-0.3, -0.25) is 0 Å². The highest BCUT2D eigenvalue weighted by atomic mass is 16.7. The molecule has 0 heterocycles. The zero-order chi connectivity index (χ0) is 8.36. The lowest BCUT2D eigenvalue weighted by molar-refractivity contribution is -0.666. The highest BCUT2D eigenvalue weighted by Crippen LogP contribution is 1.98. The van der Waals surface area contributed by atoms with Crippen LogP contribution in [-0.4, -0.2) is 22.7 Å². The van der Waals surface area contributed by atoms with Gasteiger partial charge in [0.15, 0.2) is 5.03 Å². The Balaban J connectivity index is 3.80. The zero-order valence-electron chi connectivity index (χ0n) is 6.71. The number of hydrogen-bond donors (Lipinski definition) is 1. The molecule has 0 spiro atoms. The summed E-state index contributed by atoms with van der Waals surface area (Å²) < 4.78 is 0. The second kappa shape index (κ2) is 2.83. The van der Waals surface area contributed by atoms with Gasteiger partial charge in [-0.25, -0.2) is 10.1 Å². The van der Waals surface area contributed by atoms with Gasteiger partial charge in [-0.05, 0) is 20.8 Å². The number of nitrogens with one attached hydrogen (secondary N) is 1. The molecule has 0 amide bonds. The van der Waals surface area contributed by atoms with Gasteiger partial charge in [-0.15, -0.1) is 0 Å². The first-order valence-corrected chi connectivity index (χ1v) is 2.99. The number of nitrogens with zero attached hydrogens (tertiary/aromatic N) is 2. The molecule has 0 aromatic carbocycles. The SMILES string of the molecule is CN(NC(C)(C)C)[N+](=O)[O-]. The lowest BCUT2D eigenvalue weighted by Gasteiger charge is -2.22. The highest BCUT2D eigenvalue weighted by molar-refractivity contribution is 4.65. The van der Waals surface area contributed by atoms with Gasteiger partial charge in [0.1, 0.15) is 0 Å². The van der Waals surface area contributed by atoms with Crippen LogP contribution in [0.3, 0.4) is 0 Å². The average molecular weight is 147 g/mol. The lowest BCUT2D eigenvalue weighted by atomic mass is 10.1. The Morgan fingerprint density at radius 1 is 1.50 bits per heavy atom. The van der Waals surface area contributed by atoms with Gasteiger partial charge in [0.05, 0.1) is 7.05 Å². The number of nitro groups is 1. The van der Waals surface area contributed by atoms with E-state index in [0.29, 0.717) is 0 Å². The molecule has 0 unspecified atom stereocenters. The molecule has 0 fully saturated rings. The van der Waals surface area contributed by atoms with Crippen molar-refractivity contribution < 1.29 is 5.03 Å². The maximum atomic E-state index is 10.0. The molecule has 60 valence electrons. The molecule has 0 aromatic heterocycles. The molecule has 0 aliphatic carbocycles. The van der Waals surface area contributed by atoms with Gasteiger partial charge < -0.3 is 0 Å². The molecular formula is C5H13N3O2. The van der Waals surface area contributed by atoms with Gasteiger partial charge in [0.25, 0.3) is 0 Å². The van der Waals surface area contributed by atoms with Crippen LogP contribution in [0.5, 0.6) is 0 Å². The van der Waals surface area contributed by atoms with Crippen LogP contribution in [0.25, 0.3) is 0 Å². The molecule has 5 nitrogen and oxygen atoms in total. The van der Waals surface area contributed by atoms with Crippen molar-refractivity contribution in [2.75, 3.05) is 7.05 Å². The van der Waals surface area contributed by atoms with Gasteiger partial charge >= 0.3 is 0 Å². The minimum Gasteiger partial charge on any atom is -0.234 e. The smallest absolute Gasteiger partial charge is 0.176 e.